The Morgan fingerprint density at radius 2 is 2.26 bits per heavy atom. The van der Waals surface area contributed by atoms with Crippen LogP contribution in [0.15, 0.2) is 10.8 Å². The van der Waals surface area contributed by atoms with Crippen LogP contribution < -0.4 is 9.64 Å². The molecule has 1 atom stereocenters. The van der Waals surface area contributed by atoms with Gasteiger partial charge in [-0.3, -0.25) is 14.5 Å². The van der Waals surface area contributed by atoms with Crippen molar-refractivity contribution in [3.8, 4) is 5.88 Å². The number of methoxy groups -OCH3 is 2. The molecule has 7 nitrogen and oxygen atoms in total. The number of amides is 1. The molecule has 1 aliphatic rings. The Balaban J connectivity index is 2.28. The van der Waals surface area contributed by atoms with Gasteiger partial charge in [-0.2, -0.15) is 0 Å². The van der Waals surface area contributed by atoms with Crippen molar-refractivity contribution >= 4 is 33.6 Å². The van der Waals surface area contributed by atoms with Crippen molar-refractivity contribution in [2.75, 3.05) is 25.7 Å². The molecule has 1 aromatic rings. The minimum Gasteiger partial charge on any atom is -0.478 e. The van der Waals surface area contributed by atoms with Crippen LogP contribution in [0.5, 0.6) is 5.88 Å². The highest BCUT2D eigenvalue weighted by atomic mass is 79.9. The molecule has 0 saturated carbocycles. The number of rotatable bonds is 3. The molecule has 2 rings (SSSR count). The molecule has 1 fully saturated rings. The number of ether oxygens (including phenoxy) is 2. The zero-order valence-corrected chi connectivity index (χ0v) is 12.0. The number of hydrogen-bond acceptors (Lipinski definition) is 6. The molecule has 0 N–H and O–H groups in total. The van der Waals surface area contributed by atoms with E-state index in [1.54, 1.807) is 0 Å². The lowest BCUT2D eigenvalue weighted by Gasteiger charge is -2.17. The monoisotopic (exact) mass is 329 g/mol. The Morgan fingerprint density at radius 1 is 1.53 bits per heavy atom. The lowest BCUT2D eigenvalue weighted by Crippen LogP contribution is -2.27. The number of nitrogens with zero attached hydrogens (tertiary/aromatic N) is 3. The number of carbonyl (C=O) groups is 2. The molecule has 1 saturated heterocycles. The Morgan fingerprint density at radius 3 is 2.89 bits per heavy atom. The first kappa shape index (κ1) is 13.7. The van der Waals surface area contributed by atoms with Crippen LogP contribution in [0.3, 0.4) is 0 Å². The molecular weight excluding hydrogens is 318 g/mol. The Bertz CT molecular complexity index is 523. The summed E-state index contributed by atoms with van der Waals surface area (Å²) in [5.74, 6) is -0.548. The van der Waals surface area contributed by atoms with Crippen LogP contribution >= 0.6 is 15.9 Å². The summed E-state index contributed by atoms with van der Waals surface area (Å²) in [6.07, 6.45) is 1.57. The van der Waals surface area contributed by atoms with E-state index < -0.39 is 11.9 Å². The highest BCUT2D eigenvalue weighted by Crippen LogP contribution is 2.30. The molecule has 2 heterocycles. The lowest BCUT2D eigenvalue weighted by atomic mass is 10.1. The maximum absolute atomic E-state index is 11.9. The highest BCUT2D eigenvalue weighted by molar-refractivity contribution is 9.10. The molecule has 8 heteroatoms. The van der Waals surface area contributed by atoms with E-state index in [4.69, 9.17) is 4.74 Å². The van der Waals surface area contributed by atoms with Gasteiger partial charge in [0.2, 0.25) is 5.91 Å². The van der Waals surface area contributed by atoms with Gasteiger partial charge >= 0.3 is 5.97 Å². The van der Waals surface area contributed by atoms with E-state index in [2.05, 4.69) is 30.6 Å². The van der Waals surface area contributed by atoms with E-state index in [1.807, 2.05) is 0 Å². The summed E-state index contributed by atoms with van der Waals surface area (Å²) < 4.78 is 10.2. The number of hydrogen-bond donors (Lipinski definition) is 0. The minimum absolute atomic E-state index is 0.105. The molecular formula is C11H12BrN3O4. The van der Waals surface area contributed by atoms with E-state index >= 15 is 0 Å². The van der Waals surface area contributed by atoms with E-state index in [-0.39, 0.29) is 24.8 Å². The minimum atomic E-state index is -0.479. The maximum Gasteiger partial charge on any atom is 0.311 e. The van der Waals surface area contributed by atoms with Crippen LogP contribution in [0.25, 0.3) is 0 Å². The molecule has 1 aromatic heterocycles. The second-order valence-corrected chi connectivity index (χ2v) is 4.77. The molecule has 0 bridgehead atoms. The van der Waals surface area contributed by atoms with Crippen LogP contribution in [-0.2, 0) is 14.3 Å². The van der Waals surface area contributed by atoms with Crippen LogP contribution in [-0.4, -0.2) is 42.6 Å². The summed E-state index contributed by atoms with van der Waals surface area (Å²) >= 11 is 3.18. The average Bonchev–Trinajstić information content (AvgIpc) is 2.79. The van der Waals surface area contributed by atoms with Crippen molar-refractivity contribution < 1.29 is 19.1 Å². The van der Waals surface area contributed by atoms with Crippen molar-refractivity contribution in [1.82, 2.24) is 9.97 Å². The van der Waals surface area contributed by atoms with Gasteiger partial charge in [0.25, 0.3) is 5.88 Å². The third-order valence-electron chi connectivity index (χ3n) is 2.80. The van der Waals surface area contributed by atoms with Gasteiger partial charge in [0.1, 0.15) is 4.60 Å². The number of anilines is 1. The first-order valence-corrected chi connectivity index (χ1v) is 6.30. The highest BCUT2D eigenvalue weighted by Gasteiger charge is 2.38. The fraction of sp³-hybridized carbons (Fsp3) is 0.455. The zero-order valence-electron chi connectivity index (χ0n) is 10.4. The third kappa shape index (κ3) is 2.67. The van der Waals surface area contributed by atoms with E-state index in [1.165, 1.54) is 25.3 Å². The third-order valence-corrected chi connectivity index (χ3v) is 3.18. The normalized spacial score (nSPS) is 18.6. The van der Waals surface area contributed by atoms with Crippen LogP contribution in [0.4, 0.5) is 5.82 Å². The van der Waals surface area contributed by atoms with E-state index in [0.717, 1.165) is 0 Å². The van der Waals surface area contributed by atoms with Gasteiger partial charge in [-0.05, 0) is 15.9 Å². The first-order valence-electron chi connectivity index (χ1n) is 5.51. The largest absolute Gasteiger partial charge is 0.478 e. The number of halogens is 1. The number of esters is 1. The number of carbonyl (C=O) groups excluding carboxylic acids is 2. The van der Waals surface area contributed by atoms with Crippen molar-refractivity contribution in [2.24, 2.45) is 5.92 Å². The van der Waals surface area contributed by atoms with Crippen LogP contribution in [0, 0.1) is 5.92 Å². The lowest BCUT2D eigenvalue weighted by molar-refractivity contribution is -0.145. The van der Waals surface area contributed by atoms with Gasteiger partial charge in [-0.15, -0.1) is 0 Å². The Hall–Kier alpha value is -1.70. The molecule has 19 heavy (non-hydrogen) atoms. The average molecular weight is 330 g/mol. The van der Waals surface area contributed by atoms with Crippen LogP contribution in [0.1, 0.15) is 6.42 Å². The van der Waals surface area contributed by atoms with Gasteiger partial charge in [-0.1, -0.05) is 0 Å². The maximum atomic E-state index is 11.9. The molecule has 0 aromatic carbocycles. The Kier molecular flexibility index (Phi) is 3.98. The van der Waals surface area contributed by atoms with Gasteiger partial charge in [-0.25, -0.2) is 9.97 Å². The summed E-state index contributed by atoms with van der Waals surface area (Å²) in [6, 6.07) is 0. The predicted octanol–water partition coefficient (Wildman–Crippen LogP) is 0.774. The molecule has 0 aliphatic carbocycles. The Labute approximate surface area is 118 Å². The van der Waals surface area contributed by atoms with Gasteiger partial charge in [0.05, 0.1) is 26.3 Å². The smallest absolute Gasteiger partial charge is 0.311 e. The van der Waals surface area contributed by atoms with Crippen molar-refractivity contribution in [3.63, 3.8) is 0 Å². The molecule has 102 valence electrons. The second-order valence-electron chi connectivity index (χ2n) is 3.95. The summed E-state index contributed by atoms with van der Waals surface area (Å²) in [4.78, 5) is 33.0. The topological polar surface area (TPSA) is 81.6 Å². The van der Waals surface area contributed by atoms with Gasteiger partial charge < -0.3 is 9.47 Å². The van der Waals surface area contributed by atoms with Crippen LogP contribution in [0.2, 0.25) is 0 Å². The summed E-state index contributed by atoms with van der Waals surface area (Å²) in [6.45, 7) is 0.220. The van der Waals surface area contributed by atoms with E-state index in [9.17, 15) is 9.59 Å². The molecule has 0 spiro atoms. The summed E-state index contributed by atoms with van der Waals surface area (Å²) in [5, 5.41) is 0. The summed E-state index contributed by atoms with van der Waals surface area (Å²) in [5.41, 5.74) is 0. The second kappa shape index (κ2) is 5.52. The standard InChI is InChI=1S/C11H12BrN3O4/c1-18-10-9(13-4-7(12)14-10)15-5-6(3-8(15)16)11(17)19-2/h4,6H,3,5H2,1-2H3. The van der Waals surface area contributed by atoms with Crippen molar-refractivity contribution in [2.45, 2.75) is 6.42 Å². The van der Waals surface area contributed by atoms with E-state index in [0.29, 0.717) is 10.4 Å². The molecule has 1 amide bonds. The quantitative estimate of drug-likeness (QED) is 0.762. The van der Waals surface area contributed by atoms with Crippen molar-refractivity contribution in [1.29, 1.82) is 0 Å². The van der Waals surface area contributed by atoms with Gasteiger partial charge in [0, 0.05) is 13.0 Å². The summed E-state index contributed by atoms with van der Waals surface area (Å²) in [7, 11) is 2.74. The molecule has 1 unspecified atom stereocenters. The van der Waals surface area contributed by atoms with Gasteiger partial charge in [0.15, 0.2) is 5.82 Å². The molecule has 0 radical (unpaired) electrons. The first-order chi connectivity index (χ1) is 9.06. The fourth-order valence-electron chi connectivity index (χ4n) is 1.90. The zero-order chi connectivity index (χ0) is 14.0. The molecule has 1 aliphatic heterocycles. The SMILES string of the molecule is COC(=O)C1CC(=O)N(c2ncc(Br)nc2OC)C1. The van der Waals surface area contributed by atoms with Crippen molar-refractivity contribution in [3.05, 3.63) is 10.8 Å². The fourth-order valence-corrected chi connectivity index (χ4v) is 2.17. The predicted molar refractivity (Wildman–Crippen MR) is 68.8 cm³/mol. The number of aromatic nitrogens is 2.